The van der Waals surface area contributed by atoms with Crippen LogP contribution in [0.15, 0.2) is 0 Å². The number of hydrogen-bond acceptors (Lipinski definition) is 2. The van der Waals surface area contributed by atoms with Crippen LogP contribution in [0.3, 0.4) is 0 Å². The number of rotatable bonds is 2. The van der Waals surface area contributed by atoms with Crippen LogP contribution in [0.1, 0.15) is 46.0 Å². The number of carboxylic acids is 1. The second-order valence-corrected chi connectivity index (χ2v) is 6.25. The van der Waals surface area contributed by atoms with Crippen molar-refractivity contribution in [2.75, 3.05) is 6.54 Å². The molecule has 1 saturated heterocycles. The van der Waals surface area contributed by atoms with Gasteiger partial charge in [0.1, 0.15) is 6.04 Å². The van der Waals surface area contributed by atoms with E-state index in [2.05, 4.69) is 19.2 Å². The Balaban J connectivity index is 1.91. The van der Waals surface area contributed by atoms with Crippen LogP contribution in [-0.2, 0) is 4.79 Å². The van der Waals surface area contributed by atoms with Crippen LogP contribution >= 0.6 is 0 Å². The molecule has 5 nitrogen and oxygen atoms in total. The number of nitrogens with zero attached hydrogens (tertiary/aromatic N) is 1. The number of hydrogen-bond donors (Lipinski definition) is 2. The Hall–Kier alpha value is -1.26. The summed E-state index contributed by atoms with van der Waals surface area (Å²) in [5.41, 5.74) is 0. The van der Waals surface area contributed by atoms with E-state index in [0.29, 0.717) is 24.8 Å². The van der Waals surface area contributed by atoms with Gasteiger partial charge in [-0.15, -0.1) is 0 Å². The molecule has 2 rings (SSSR count). The van der Waals surface area contributed by atoms with Gasteiger partial charge < -0.3 is 15.3 Å². The molecule has 1 aliphatic heterocycles. The number of carboxylic acid groups (broad SMARTS) is 1. The summed E-state index contributed by atoms with van der Waals surface area (Å²) in [7, 11) is 0. The number of amides is 2. The van der Waals surface area contributed by atoms with Gasteiger partial charge in [0.25, 0.3) is 0 Å². The summed E-state index contributed by atoms with van der Waals surface area (Å²) in [6.45, 7) is 4.98. The molecular weight excluding hydrogens is 244 g/mol. The maximum absolute atomic E-state index is 12.2. The number of likely N-dealkylation sites (tertiary alicyclic amines) is 1. The zero-order valence-corrected chi connectivity index (χ0v) is 11.8. The van der Waals surface area contributed by atoms with E-state index >= 15 is 0 Å². The van der Waals surface area contributed by atoms with Crippen LogP contribution in [0.25, 0.3) is 0 Å². The lowest BCUT2D eigenvalue weighted by atomic mass is 9.80. The summed E-state index contributed by atoms with van der Waals surface area (Å²) in [4.78, 5) is 24.8. The van der Waals surface area contributed by atoms with Gasteiger partial charge in [0.15, 0.2) is 0 Å². The van der Waals surface area contributed by atoms with Crippen LogP contribution < -0.4 is 5.32 Å². The van der Waals surface area contributed by atoms with Crippen molar-refractivity contribution in [1.29, 1.82) is 0 Å². The maximum atomic E-state index is 12.2. The average molecular weight is 268 g/mol. The normalized spacial score (nSPS) is 35.2. The van der Waals surface area contributed by atoms with Crippen molar-refractivity contribution in [3.05, 3.63) is 0 Å². The third-order valence-corrected chi connectivity index (χ3v) is 4.30. The molecular formula is C14H24N2O3. The molecule has 5 heteroatoms. The van der Waals surface area contributed by atoms with Gasteiger partial charge in [-0.1, -0.05) is 13.8 Å². The number of aliphatic carboxylic acids is 1. The number of carbonyl (C=O) groups is 2. The highest BCUT2D eigenvalue weighted by atomic mass is 16.4. The molecule has 0 aromatic rings. The van der Waals surface area contributed by atoms with Gasteiger partial charge in [0.2, 0.25) is 0 Å². The Kier molecular flexibility index (Phi) is 4.32. The van der Waals surface area contributed by atoms with E-state index in [4.69, 9.17) is 5.11 Å². The molecule has 1 aliphatic carbocycles. The predicted molar refractivity (Wildman–Crippen MR) is 71.9 cm³/mol. The second-order valence-electron chi connectivity index (χ2n) is 6.25. The molecule has 0 aromatic carbocycles. The van der Waals surface area contributed by atoms with E-state index in [-0.39, 0.29) is 12.1 Å². The summed E-state index contributed by atoms with van der Waals surface area (Å²) < 4.78 is 0. The Morgan fingerprint density at radius 3 is 2.37 bits per heavy atom. The van der Waals surface area contributed by atoms with Gasteiger partial charge >= 0.3 is 12.0 Å². The van der Waals surface area contributed by atoms with Gasteiger partial charge in [-0.3, -0.25) is 0 Å². The molecule has 0 aromatic heterocycles. The van der Waals surface area contributed by atoms with Crippen LogP contribution in [0.5, 0.6) is 0 Å². The minimum Gasteiger partial charge on any atom is -0.480 e. The first-order valence-corrected chi connectivity index (χ1v) is 7.27. The fourth-order valence-electron chi connectivity index (χ4n) is 3.59. The predicted octanol–water partition coefficient (Wildman–Crippen LogP) is 2.07. The topological polar surface area (TPSA) is 69.6 Å². The van der Waals surface area contributed by atoms with Crippen molar-refractivity contribution in [3.8, 4) is 0 Å². The van der Waals surface area contributed by atoms with Gasteiger partial charge in [-0.25, -0.2) is 9.59 Å². The Morgan fingerprint density at radius 1 is 1.16 bits per heavy atom. The molecule has 19 heavy (non-hydrogen) atoms. The molecule has 2 aliphatic rings. The van der Waals surface area contributed by atoms with Crippen molar-refractivity contribution < 1.29 is 14.7 Å². The molecule has 1 saturated carbocycles. The Bertz CT molecular complexity index is 349. The third-order valence-electron chi connectivity index (χ3n) is 4.30. The molecule has 2 N–H and O–H groups in total. The Labute approximate surface area is 114 Å². The third kappa shape index (κ3) is 3.39. The summed E-state index contributed by atoms with van der Waals surface area (Å²) in [5, 5.41) is 12.1. The van der Waals surface area contributed by atoms with E-state index in [1.807, 2.05) is 0 Å². The quantitative estimate of drug-likeness (QED) is 0.805. The summed E-state index contributed by atoms with van der Waals surface area (Å²) in [6, 6.07) is -0.643. The van der Waals surface area contributed by atoms with Crippen molar-refractivity contribution in [3.63, 3.8) is 0 Å². The average Bonchev–Trinajstić information content (AvgIpc) is 2.75. The summed E-state index contributed by atoms with van der Waals surface area (Å²) in [5.74, 6) is 0.365. The van der Waals surface area contributed by atoms with E-state index in [1.165, 1.54) is 11.3 Å². The minimum atomic E-state index is -0.891. The first kappa shape index (κ1) is 14.2. The van der Waals surface area contributed by atoms with E-state index in [9.17, 15) is 9.59 Å². The maximum Gasteiger partial charge on any atom is 0.326 e. The number of carbonyl (C=O) groups excluding carboxylic acids is 1. The van der Waals surface area contributed by atoms with Gasteiger partial charge in [-0.05, 0) is 43.9 Å². The molecule has 108 valence electrons. The standard InChI is InChI=1S/C14H24N2O3/c1-9-6-10(2)8-11(7-9)15-14(19)16-5-3-4-12(16)13(17)18/h9-12H,3-8H2,1-2H3,(H,15,19)(H,17,18)/t9?,10?,11?,12-/m0/s1. The Morgan fingerprint density at radius 2 is 1.79 bits per heavy atom. The second kappa shape index (κ2) is 5.80. The first-order chi connectivity index (χ1) is 8.97. The van der Waals surface area contributed by atoms with Crippen LogP contribution in [-0.4, -0.2) is 40.6 Å². The van der Waals surface area contributed by atoms with Crippen molar-refractivity contribution in [2.45, 2.75) is 58.0 Å². The lowest BCUT2D eigenvalue weighted by Crippen LogP contribution is -2.50. The van der Waals surface area contributed by atoms with Crippen molar-refractivity contribution >= 4 is 12.0 Å². The molecule has 1 heterocycles. The van der Waals surface area contributed by atoms with Crippen LogP contribution in [0, 0.1) is 11.8 Å². The van der Waals surface area contributed by atoms with Gasteiger partial charge in [-0.2, -0.15) is 0 Å². The minimum absolute atomic E-state index is 0.196. The number of urea groups is 1. The molecule has 2 unspecified atom stereocenters. The van der Waals surface area contributed by atoms with E-state index in [0.717, 1.165) is 19.3 Å². The molecule has 0 spiro atoms. The molecule has 2 fully saturated rings. The smallest absolute Gasteiger partial charge is 0.326 e. The lowest BCUT2D eigenvalue weighted by molar-refractivity contribution is -0.141. The van der Waals surface area contributed by atoms with Crippen LogP contribution in [0.2, 0.25) is 0 Å². The molecule has 0 radical (unpaired) electrons. The molecule has 2 amide bonds. The lowest BCUT2D eigenvalue weighted by Gasteiger charge is -2.33. The number of nitrogens with one attached hydrogen (secondary N) is 1. The van der Waals surface area contributed by atoms with Crippen LogP contribution in [0.4, 0.5) is 4.79 Å². The summed E-state index contributed by atoms with van der Waals surface area (Å²) in [6.07, 6.45) is 4.57. The zero-order valence-electron chi connectivity index (χ0n) is 11.8. The van der Waals surface area contributed by atoms with Crippen molar-refractivity contribution in [2.24, 2.45) is 11.8 Å². The molecule has 0 bridgehead atoms. The zero-order chi connectivity index (χ0) is 14.0. The van der Waals surface area contributed by atoms with Gasteiger partial charge in [0, 0.05) is 12.6 Å². The largest absolute Gasteiger partial charge is 0.480 e. The SMILES string of the molecule is CC1CC(C)CC(NC(=O)N2CCC[C@H]2C(=O)O)C1. The summed E-state index contributed by atoms with van der Waals surface area (Å²) >= 11 is 0. The van der Waals surface area contributed by atoms with E-state index < -0.39 is 12.0 Å². The fraction of sp³-hybridized carbons (Fsp3) is 0.857. The fourth-order valence-corrected chi connectivity index (χ4v) is 3.59. The van der Waals surface area contributed by atoms with Crippen molar-refractivity contribution in [1.82, 2.24) is 10.2 Å². The van der Waals surface area contributed by atoms with E-state index in [1.54, 1.807) is 0 Å². The monoisotopic (exact) mass is 268 g/mol. The highest BCUT2D eigenvalue weighted by molar-refractivity contribution is 5.83. The first-order valence-electron chi connectivity index (χ1n) is 7.27. The van der Waals surface area contributed by atoms with Gasteiger partial charge in [0.05, 0.1) is 0 Å². The highest BCUT2D eigenvalue weighted by Gasteiger charge is 2.35. The highest BCUT2D eigenvalue weighted by Crippen LogP contribution is 2.29. The molecule has 3 atom stereocenters.